The van der Waals surface area contributed by atoms with E-state index in [1.165, 1.54) is 58.0 Å². The zero-order valence-electron chi connectivity index (χ0n) is 22.9. The monoisotopic (exact) mass is 601 g/mol. The van der Waals surface area contributed by atoms with Gasteiger partial charge >= 0.3 is 253 Å². The van der Waals surface area contributed by atoms with Gasteiger partial charge in [-0.15, -0.1) is 0 Å². The molecule has 0 saturated heterocycles. The van der Waals surface area contributed by atoms with Crippen LogP contribution in [0.4, 0.5) is 17.1 Å². The average molecular weight is 601 g/mol. The number of fused-ring (bicyclic) bond motifs is 5. The molecule has 1 heterocycles. The van der Waals surface area contributed by atoms with E-state index in [0.717, 1.165) is 11.4 Å². The van der Waals surface area contributed by atoms with Crippen LogP contribution in [-0.4, -0.2) is 14.5 Å². The molecule has 198 valence electrons. The summed E-state index contributed by atoms with van der Waals surface area (Å²) in [5.41, 5.74) is 8.42. The van der Waals surface area contributed by atoms with Crippen LogP contribution in [0.25, 0.3) is 52.3 Å². The van der Waals surface area contributed by atoms with Crippen molar-refractivity contribution in [2.24, 2.45) is 0 Å². The fourth-order valence-electron chi connectivity index (χ4n) is 6.01. The molecule has 0 atom stereocenters. The quantitative estimate of drug-likeness (QED) is 0.178. The van der Waals surface area contributed by atoms with E-state index in [1.54, 1.807) is 0 Å². The molecule has 0 radical (unpaired) electrons. The second-order valence-corrected chi connectivity index (χ2v) is 12.8. The third-order valence-corrected chi connectivity index (χ3v) is 10.6. The van der Waals surface area contributed by atoms with Crippen LogP contribution in [-0.2, 0) is 0 Å². The summed E-state index contributed by atoms with van der Waals surface area (Å²) in [6, 6.07) is 59.5. The Bertz CT molecular complexity index is 2080. The second kappa shape index (κ2) is 10.5. The molecule has 0 saturated carbocycles. The molecule has 0 amide bonds. The summed E-state index contributed by atoms with van der Waals surface area (Å²) < 4.78 is 2.93. The summed E-state index contributed by atoms with van der Waals surface area (Å²) in [6.45, 7) is 0. The van der Waals surface area contributed by atoms with Crippen molar-refractivity contribution in [2.45, 2.75) is 0 Å². The van der Waals surface area contributed by atoms with Gasteiger partial charge in [0.25, 0.3) is 0 Å². The van der Waals surface area contributed by atoms with Crippen LogP contribution in [0.3, 0.4) is 0 Å². The Kier molecular flexibility index (Phi) is 6.22. The number of benzene rings is 7. The summed E-state index contributed by atoms with van der Waals surface area (Å²) in [4.78, 5) is 2.45. The van der Waals surface area contributed by atoms with Crippen molar-refractivity contribution in [3.63, 3.8) is 0 Å². The molecular formula is C40H27NSe. The van der Waals surface area contributed by atoms with E-state index in [1.807, 2.05) is 0 Å². The Balaban J connectivity index is 1.37. The molecule has 0 N–H and O–H groups in total. The van der Waals surface area contributed by atoms with E-state index in [2.05, 4.69) is 169 Å². The average Bonchev–Trinajstić information content (AvgIpc) is 3.47. The molecule has 42 heavy (non-hydrogen) atoms. The normalized spacial score (nSPS) is 11.3. The van der Waals surface area contributed by atoms with Crippen molar-refractivity contribution in [3.8, 4) is 22.3 Å². The zero-order valence-corrected chi connectivity index (χ0v) is 24.7. The van der Waals surface area contributed by atoms with Crippen molar-refractivity contribution in [1.82, 2.24) is 0 Å². The summed E-state index contributed by atoms with van der Waals surface area (Å²) in [7, 11) is 0. The van der Waals surface area contributed by atoms with E-state index < -0.39 is 0 Å². The summed E-state index contributed by atoms with van der Waals surface area (Å²) in [6.07, 6.45) is 0. The molecule has 0 fully saturated rings. The van der Waals surface area contributed by atoms with Gasteiger partial charge in [0.15, 0.2) is 0 Å². The Morgan fingerprint density at radius 2 is 0.881 bits per heavy atom. The third-order valence-electron chi connectivity index (χ3n) is 8.06. The molecule has 0 aliphatic rings. The first-order chi connectivity index (χ1) is 20.8. The fourth-order valence-corrected chi connectivity index (χ4v) is 8.65. The van der Waals surface area contributed by atoms with Gasteiger partial charge in [0.1, 0.15) is 0 Å². The van der Waals surface area contributed by atoms with E-state index in [4.69, 9.17) is 0 Å². The predicted molar refractivity (Wildman–Crippen MR) is 181 cm³/mol. The first kappa shape index (κ1) is 24.9. The van der Waals surface area contributed by atoms with E-state index >= 15 is 0 Å². The minimum absolute atomic E-state index is 0.252. The molecule has 1 aromatic heterocycles. The molecule has 0 spiro atoms. The number of hydrogen-bond acceptors (Lipinski definition) is 1. The molecular weight excluding hydrogens is 573 g/mol. The van der Waals surface area contributed by atoms with Crippen molar-refractivity contribution >= 4 is 61.6 Å². The number of rotatable bonds is 5. The maximum atomic E-state index is 2.45. The Hall–Kier alpha value is -4.88. The van der Waals surface area contributed by atoms with Gasteiger partial charge in [-0.1, -0.05) is 0 Å². The van der Waals surface area contributed by atoms with Crippen LogP contribution in [0.15, 0.2) is 164 Å². The standard InChI is InChI=1S/C40H27NSe/c1-3-11-28(12-4-1)30-19-23-33(24-20-30)41(34-25-21-31(22-26-34)29-13-5-2-6-14-29)37-27-32-15-7-8-16-35(32)40-39(37)36-17-9-10-18-38(36)42-40/h1-27H. The third kappa shape index (κ3) is 4.33. The Labute approximate surface area is 251 Å². The molecule has 1 nitrogen and oxygen atoms in total. The van der Waals surface area contributed by atoms with Gasteiger partial charge < -0.3 is 0 Å². The van der Waals surface area contributed by atoms with E-state index in [-0.39, 0.29) is 14.5 Å². The van der Waals surface area contributed by atoms with Gasteiger partial charge in [-0.2, -0.15) is 0 Å². The molecule has 0 unspecified atom stereocenters. The van der Waals surface area contributed by atoms with Gasteiger partial charge in [-0.3, -0.25) is 0 Å². The van der Waals surface area contributed by atoms with Crippen LogP contribution >= 0.6 is 0 Å². The molecule has 7 aromatic carbocycles. The van der Waals surface area contributed by atoms with Gasteiger partial charge in [0.2, 0.25) is 0 Å². The Morgan fingerprint density at radius 1 is 0.405 bits per heavy atom. The molecule has 0 aliphatic carbocycles. The van der Waals surface area contributed by atoms with Gasteiger partial charge in [-0.25, -0.2) is 0 Å². The number of anilines is 3. The predicted octanol–water partition coefficient (Wildman–Crippen LogP) is 11.0. The topological polar surface area (TPSA) is 3.24 Å². The number of nitrogens with zero attached hydrogens (tertiary/aromatic N) is 1. The van der Waals surface area contributed by atoms with Crippen molar-refractivity contribution in [3.05, 3.63) is 164 Å². The zero-order chi connectivity index (χ0) is 27.9. The summed E-state index contributed by atoms with van der Waals surface area (Å²) in [5.74, 6) is 0. The second-order valence-electron chi connectivity index (χ2n) is 10.6. The van der Waals surface area contributed by atoms with E-state index in [9.17, 15) is 0 Å². The van der Waals surface area contributed by atoms with Gasteiger partial charge in [0.05, 0.1) is 0 Å². The minimum atomic E-state index is 0.252. The van der Waals surface area contributed by atoms with Crippen LogP contribution in [0.2, 0.25) is 0 Å². The van der Waals surface area contributed by atoms with Crippen molar-refractivity contribution in [1.29, 1.82) is 0 Å². The summed E-state index contributed by atoms with van der Waals surface area (Å²) in [5, 5.41) is 5.38. The van der Waals surface area contributed by atoms with Crippen LogP contribution in [0, 0.1) is 0 Å². The van der Waals surface area contributed by atoms with Crippen LogP contribution < -0.4 is 4.90 Å². The van der Waals surface area contributed by atoms with Crippen LogP contribution in [0.5, 0.6) is 0 Å². The maximum absolute atomic E-state index is 2.45. The molecule has 2 heteroatoms. The van der Waals surface area contributed by atoms with Crippen molar-refractivity contribution in [2.75, 3.05) is 4.90 Å². The first-order valence-electron chi connectivity index (χ1n) is 14.3. The SMILES string of the molecule is c1ccc(-c2ccc(N(c3ccc(-c4ccccc4)cc3)c3cc4ccccc4c4[se]c5ccccc5c34)cc2)cc1. The Morgan fingerprint density at radius 3 is 1.48 bits per heavy atom. The fraction of sp³-hybridized carbons (Fsp3) is 0. The van der Waals surface area contributed by atoms with Crippen LogP contribution in [0.1, 0.15) is 0 Å². The molecule has 8 aromatic rings. The summed E-state index contributed by atoms with van der Waals surface area (Å²) >= 11 is 0.252. The van der Waals surface area contributed by atoms with E-state index in [0.29, 0.717) is 0 Å². The first-order valence-corrected chi connectivity index (χ1v) is 16.0. The van der Waals surface area contributed by atoms with Gasteiger partial charge in [-0.05, 0) is 0 Å². The number of hydrogen-bond donors (Lipinski definition) is 0. The molecule has 0 aliphatic heterocycles. The molecule has 0 bridgehead atoms. The van der Waals surface area contributed by atoms with Gasteiger partial charge in [0, 0.05) is 0 Å². The van der Waals surface area contributed by atoms with Crippen molar-refractivity contribution < 1.29 is 0 Å². The molecule has 8 rings (SSSR count).